The Kier molecular flexibility index (Phi) is 4.16. The van der Waals surface area contributed by atoms with Crippen LogP contribution >= 0.6 is 11.8 Å². The average molecular weight is 289 g/mol. The van der Waals surface area contributed by atoms with Crippen LogP contribution in [0.15, 0.2) is 24.3 Å². The normalized spacial score (nSPS) is 25.5. The second-order valence-electron chi connectivity index (χ2n) is 5.11. The predicted octanol–water partition coefficient (Wildman–Crippen LogP) is 4.25. The Morgan fingerprint density at radius 3 is 2.63 bits per heavy atom. The largest absolute Gasteiger partial charge is 0.416 e. The zero-order valence-electron chi connectivity index (χ0n) is 11.1. The van der Waals surface area contributed by atoms with Crippen molar-refractivity contribution in [3.8, 4) is 0 Å². The van der Waals surface area contributed by atoms with E-state index >= 15 is 0 Å². The molecule has 0 bridgehead atoms. The number of nitrogens with one attached hydrogen (secondary N) is 1. The molecule has 19 heavy (non-hydrogen) atoms. The first kappa shape index (κ1) is 14.7. The van der Waals surface area contributed by atoms with E-state index in [0.29, 0.717) is 5.56 Å². The summed E-state index contributed by atoms with van der Waals surface area (Å²) in [5, 5.41) is 3.19. The average Bonchev–Trinajstić information content (AvgIpc) is 2.77. The SMILES string of the molecule is CNC(c1cccc(C(F)(F)F)c1)C1(C)CCCS1. The second kappa shape index (κ2) is 5.37. The molecular weight excluding hydrogens is 271 g/mol. The van der Waals surface area contributed by atoms with E-state index in [0.717, 1.165) is 24.7 Å². The third-order valence-corrected chi connectivity index (χ3v) is 5.29. The monoisotopic (exact) mass is 289 g/mol. The van der Waals surface area contributed by atoms with Gasteiger partial charge in [0.2, 0.25) is 0 Å². The molecule has 2 atom stereocenters. The first-order valence-corrected chi connectivity index (χ1v) is 7.34. The fraction of sp³-hybridized carbons (Fsp3) is 0.571. The maximum Gasteiger partial charge on any atom is 0.416 e. The molecular formula is C14H18F3NS. The summed E-state index contributed by atoms with van der Waals surface area (Å²) in [5.74, 6) is 1.08. The van der Waals surface area contributed by atoms with Crippen molar-refractivity contribution in [2.45, 2.75) is 36.7 Å². The summed E-state index contributed by atoms with van der Waals surface area (Å²) in [6.45, 7) is 2.13. The van der Waals surface area contributed by atoms with Gasteiger partial charge in [-0.1, -0.05) is 12.1 Å². The van der Waals surface area contributed by atoms with Crippen LogP contribution in [0.2, 0.25) is 0 Å². The molecule has 1 aliphatic heterocycles. The van der Waals surface area contributed by atoms with Crippen LogP contribution in [-0.2, 0) is 6.18 Å². The number of benzene rings is 1. The molecule has 2 unspecified atom stereocenters. The first-order valence-electron chi connectivity index (χ1n) is 6.35. The van der Waals surface area contributed by atoms with E-state index in [2.05, 4.69) is 12.2 Å². The standard InChI is InChI=1S/C14H18F3NS/c1-13(7-4-8-19-13)12(18-2)10-5-3-6-11(9-10)14(15,16)17/h3,5-6,9,12,18H,4,7-8H2,1-2H3. The molecule has 0 aliphatic carbocycles. The fourth-order valence-electron chi connectivity index (χ4n) is 2.75. The number of halogens is 3. The highest BCUT2D eigenvalue weighted by Crippen LogP contribution is 2.46. The Morgan fingerprint density at radius 2 is 2.11 bits per heavy atom. The number of thioether (sulfide) groups is 1. The molecule has 1 heterocycles. The molecule has 1 fully saturated rings. The Labute approximate surface area is 116 Å². The molecule has 0 amide bonds. The Balaban J connectivity index is 2.33. The maximum absolute atomic E-state index is 12.8. The quantitative estimate of drug-likeness (QED) is 0.892. The van der Waals surface area contributed by atoms with Crippen molar-refractivity contribution in [1.82, 2.24) is 5.32 Å². The summed E-state index contributed by atoms with van der Waals surface area (Å²) in [4.78, 5) is 0. The van der Waals surface area contributed by atoms with Crippen LogP contribution in [0.3, 0.4) is 0 Å². The molecule has 0 spiro atoms. The third kappa shape index (κ3) is 3.08. The van der Waals surface area contributed by atoms with E-state index in [1.54, 1.807) is 6.07 Å². The van der Waals surface area contributed by atoms with Gasteiger partial charge in [0, 0.05) is 10.8 Å². The molecule has 2 rings (SSSR count). The molecule has 0 saturated carbocycles. The minimum absolute atomic E-state index is 0.0288. The van der Waals surface area contributed by atoms with Gasteiger partial charge >= 0.3 is 6.18 Å². The lowest BCUT2D eigenvalue weighted by Gasteiger charge is -2.33. The van der Waals surface area contributed by atoms with Crippen LogP contribution < -0.4 is 5.32 Å². The minimum Gasteiger partial charge on any atom is -0.312 e. The van der Waals surface area contributed by atoms with Crippen LogP contribution in [0.5, 0.6) is 0 Å². The molecule has 1 aromatic carbocycles. The molecule has 1 saturated heterocycles. The van der Waals surface area contributed by atoms with Crippen molar-refractivity contribution in [3.05, 3.63) is 35.4 Å². The number of hydrogen-bond acceptors (Lipinski definition) is 2. The molecule has 1 nitrogen and oxygen atoms in total. The van der Waals surface area contributed by atoms with Gasteiger partial charge in [-0.2, -0.15) is 24.9 Å². The highest BCUT2D eigenvalue weighted by atomic mass is 32.2. The van der Waals surface area contributed by atoms with E-state index in [1.807, 2.05) is 18.8 Å². The summed E-state index contributed by atoms with van der Waals surface area (Å²) in [6, 6.07) is 5.61. The number of rotatable bonds is 3. The summed E-state index contributed by atoms with van der Waals surface area (Å²) in [5.41, 5.74) is 0.145. The van der Waals surface area contributed by atoms with E-state index < -0.39 is 11.7 Å². The zero-order valence-corrected chi connectivity index (χ0v) is 11.9. The lowest BCUT2D eigenvalue weighted by atomic mass is 9.89. The van der Waals surface area contributed by atoms with Gasteiger partial charge in [0.15, 0.2) is 0 Å². The van der Waals surface area contributed by atoms with Gasteiger partial charge in [0.25, 0.3) is 0 Å². The minimum atomic E-state index is -4.28. The van der Waals surface area contributed by atoms with E-state index in [-0.39, 0.29) is 10.8 Å². The van der Waals surface area contributed by atoms with E-state index in [4.69, 9.17) is 0 Å². The Morgan fingerprint density at radius 1 is 1.37 bits per heavy atom. The number of hydrogen-bond donors (Lipinski definition) is 1. The lowest BCUT2D eigenvalue weighted by Crippen LogP contribution is -2.35. The van der Waals surface area contributed by atoms with Crippen LogP contribution in [0.4, 0.5) is 13.2 Å². The third-order valence-electron chi connectivity index (χ3n) is 3.70. The Hall–Kier alpha value is -0.680. The fourth-order valence-corrected chi connectivity index (χ4v) is 4.21. The summed E-state index contributed by atoms with van der Waals surface area (Å²) in [7, 11) is 1.81. The summed E-state index contributed by atoms with van der Waals surface area (Å²) in [6.07, 6.45) is -2.13. The van der Waals surface area contributed by atoms with Crippen molar-refractivity contribution < 1.29 is 13.2 Å². The van der Waals surface area contributed by atoms with Crippen molar-refractivity contribution in [2.75, 3.05) is 12.8 Å². The second-order valence-corrected chi connectivity index (χ2v) is 6.74. The summed E-state index contributed by atoms with van der Waals surface area (Å²) < 4.78 is 38.3. The summed E-state index contributed by atoms with van der Waals surface area (Å²) >= 11 is 1.84. The topological polar surface area (TPSA) is 12.0 Å². The van der Waals surface area contributed by atoms with Crippen LogP contribution in [0, 0.1) is 0 Å². The Bertz CT molecular complexity index is 439. The molecule has 1 N–H and O–H groups in total. The van der Waals surface area contributed by atoms with Crippen LogP contribution in [0.1, 0.15) is 36.9 Å². The maximum atomic E-state index is 12.8. The van der Waals surface area contributed by atoms with Crippen LogP contribution in [0.25, 0.3) is 0 Å². The lowest BCUT2D eigenvalue weighted by molar-refractivity contribution is -0.137. The molecule has 1 aromatic rings. The van der Waals surface area contributed by atoms with Gasteiger partial charge in [-0.05, 0) is 50.3 Å². The first-order chi connectivity index (χ1) is 8.87. The molecule has 0 radical (unpaired) electrons. The van der Waals surface area contributed by atoms with E-state index in [1.165, 1.54) is 12.1 Å². The van der Waals surface area contributed by atoms with Gasteiger partial charge in [0.1, 0.15) is 0 Å². The highest BCUT2D eigenvalue weighted by molar-refractivity contribution is 8.00. The van der Waals surface area contributed by atoms with Gasteiger partial charge < -0.3 is 5.32 Å². The molecule has 106 valence electrons. The van der Waals surface area contributed by atoms with Gasteiger partial charge in [-0.3, -0.25) is 0 Å². The highest BCUT2D eigenvalue weighted by Gasteiger charge is 2.39. The zero-order chi connectivity index (χ0) is 14.1. The smallest absolute Gasteiger partial charge is 0.312 e. The van der Waals surface area contributed by atoms with Crippen molar-refractivity contribution >= 4 is 11.8 Å². The predicted molar refractivity (Wildman–Crippen MR) is 73.3 cm³/mol. The van der Waals surface area contributed by atoms with Crippen molar-refractivity contribution in [2.24, 2.45) is 0 Å². The van der Waals surface area contributed by atoms with E-state index in [9.17, 15) is 13.2 Å². The molecule has 5 heteroatoms. The van der Waals surface area contributed by atoms with Crippen molar-refractivity contribution in [1.29, 1.82) is 0 Å². The molecule has 0 aromatic heterocycles. The number of alkyl halides is 3. The van der Waals surface area contributed by atoms with Gasteiger partial charge in [0.05, 0.1) is 5.56 Å². The van der Waals surface area contributed by atoms with Crippen LogP contribution in [-0.4, -0.2) is 17.5 Å². The van der Waals surface area contributed by atoms with Gasteiger partial charge in [-0.25, -0.2) is 0 Å². The van der Waals surface area contributed by atoms with Gasteiger partial charge in [-0.15, -0.1) is 0 Å². The van der Waals surface area contributed by atoms with Crippen molar-refractivity contribution in [3.63, 3.8) is 0 Å². The molecule has 1 aliphatic rings.